The van der Waals surface area contributed by atoms with Gasteiger partial charge in [0.05, 0.1) is 11.9 Å². The van der Waals surface area contributed by atoms with Gasteiger partial charge in [0.15, 0.2) is 0 Å². The molecule has 6 nitrogen and oxygen atoms in total. The Labute approximate surface area is 171 Å². The van der Waals surface area contributed by atoms with Crippen LogP contribution in [0.3, 0.4) is 0 Å². The summed E-state index contributed by atoms with van der Waals surface area (Å²) in [4.78, 5) is 16.5. The van der Waals surface area contributed by atoms with Gasteiger partial charge >= 0.3 is 0 Å². The normalized spacial score (nSPS) is 11.1. The Hall–Kier alpha value is -3.19. The molecule has 0 spiro atoms. The van der Waals surface area contributed by atoms with Crippen LogP contribution in [0.2, 0.25) is 0 Å². The van der Waals surface area contributed by atoms with Gasteiger partial charge in [0.2, 0.25) is 15.9 Å². The largest absolute Gasteiger partial charge is 0.325 e. The zero-order valence-electron chi connectivity index (χ0n) is 16.4. The van der Waals surface area contributed by atoms with E-state index in [0.717, 1.165) is 33.7 Å². The number of hydrogen-bond acceptors (Lipinski definition) is 4. The number of pyridine rings is 1. The van der Waals surface area contributed by atoms with Crippen LogP contribution in [-0.4, -0.2) is 32.1 Å². The van der Waals surface area contributed by atoms with Crippen LogP contribution >= 0.6 is 0 Å². The molecule has 0 aliphatic carbocycles. The predicted octanol–water partition coefficient (Wildman–Crippen LogP) is 3.39. The Morgan fingerprint density at radius 3 is 2.21 bits per heavy atom. The molecule has 150 valence electrons. The van der Waals surface area contributed by atoms with E-state index >= 15 is 0 Å². The van der Waals surface area contributed by atoms with Crippen LogP contribution in [0.5, 0.6) is 0 Å². The second-order valence-electron chi connectivity index (χ2n) is 6.83. The van der Waals surface area contributed by atoms with E-state index in [1.807, 2.05) is 55.5 Å². The molecule has 0 aliphatic rings. The van der Waals surface area contributed by atoms with E-state index in [2.05, 4.69) is 10.3 Å². The molecule has 0 unspecified atom stereocenters. The molecule has 0 saturated carbocycles. The van der Waals surface area contributed by atoms with Gasteiger partial charge in [-0.15, -0.1) is 0 Å². The molecule has 0 saturated heterocycles. The van der Waals surface area contributed by atoms with Crippen LogP contribution in [0.15, 0.2) is 73.1 Å². The summed E-state index contributed by atoms with van der Waals surface area (Å²) in [6, 6.07) is 18.5. The monoisotopic (exact) mass is 409 g/mol. The van der Waals surface area contributed by atoms with Gasteiger partial charge in [-0.3, -0.25) is 14.1 Å². The number of aromatic nitrogens is 1. The lowest BCUT2D eigenvalue weighted by atomic mass is 10.1. The number of nitrogens with zero attached hydrogens (tertiary/aromatic N) is 2. The standard InChI is InChI=1S/C22H23N3O3S/c1-17-5-3-4-6-21(17)25(29(2,27)28)16-22(26)24-20-9-7-18(8-10-20)15-19-11-13-23-14-12-19/h3-14H,15-16H2,1-2H3,(H,24,26). The minimum Gasteiger partial charge on any atom is -0.325 e. The highest BCUT2D eigenvalue weighted by Gasteiger charge is 2.22. The van der Waals surface area contributed by atoms with Gasteiger partial charge in [0.1, 0.15) is 6.54 Å². The first-order valence-electron chi connectivity index (χ1n) is 9.14. The molecule has 0 bridgehead atoms. The van der Waals surface area contributed by atoms with Crippen LogP contribution in [0.25, 0.3) is 0 Å². The Balaban J connectivity index is 1.68. The summed E-state index contributed by atoms with van der Waals surface area (Å²) < 4.78 is 25.6. The van der Waals surface area contributed by atoms with Crippen molar-refractivity contribution in [2.45, 2.75) is 13.3 Å². The van der Waals surface area contributed by atoms with E-state index in [4.69, 9.17) is 0 Å². The molecule has 3 rings (SSSR count). The van der Waals surface area contributed by atoms with Crippen LogP contribution in [-0.2, 0) is 21.2 Å². The number of nitrogens with one attached hydrogen (secondary N) is 1. The molecule has 1 N–H and O–H groups in total. The molecule has 1 heterocycles. The van der Waals surface area contributed by atoms with Crippen molar-refractivity contribution >= 4 is 27.3 Å². The lowest BCUT2D eigenvalue weighted by Crippen LogP contribution is -2.37. The molecule has 29 heavy (non-hydrogen) atoms. The molecule has 1 aromatic heterocycles. The highest BCUT2D eigenvalue weighted by atomic mass is 32.2. The molecule has 0 radical (unpaired) electrons. The fourth-order valence-electron chi connectivity index (χ4n) is 3.00. The van der Waals surface area contributed by atoms with E-state index in [0.29, 0.717) is 11.4 Å². The molecular weight excluding hydrogens is 386 g/mol. The van der Waals surface area contributed by atoms with Gasteiger partial charge in [0, 0.05) is 18.1 Å². The quantitative estimate of drug-likeness (QED) is 0.649. The third-order valence-electron chi connectivity index (χ3n) is 4.47. The summed E-state index contributed by atoms with van der Waals surface area (Å²) in [6.07, 6.45) is 5.38. The maximum absolute atomic E-state index is 12.5. The fourth-order valence-corrected chi connectivity index (χ4v) is 3.91. The molecule has 0 aliphatic heterocycles. The number of carbonyl (C=O) groups excluding carboxylic acids is 1. The smallest absolute Gasteiger partial charge is 0.245 e. The van der Waals surface area contributed by atoms with Gasteiger partial charge in [-0.25, -0.2) is 8.42 Å². The SMILES string of the molecule is Cc1ccccc1N(CC(=O)Nc1ccc(Cc2ccncc2)cc1)S(C)(=O)=O. The van der Waals surface area contributed by atoms with Crippen LogP contribution in [0.1, 0.15) is 16.7 Å². The minimum absolute atomic E-state index is 0.289. The topological polar surface area (TPSA) is 79.4 Å². The van der Waals surface area contributed by atoms with Crippen molar-refractivity contribution in [2.24, 2.45) is 0 Å². The lowest BCUT2D eigenvalue weighted by Gasteiger charge is -2.23. The van der Waals surface area contributed by atoms with Crippen molar-refractivity contribution < 1.29 is 13.2 Å². The highest BCUT2D eigenvalue weighted by Crippen LogP contribution is 2.22. The van der Waals surface area contributed by atoms with E-state index < -0.39 is 15.9 Å². The molecule has 1 amide bonds. The Morgan fingerprint density at radius 1 is 0.966 bits per heavy atom. The Kier molecular flexibility index (Phi) is 6.29. The molecule has 2 aromatic carbocycles. The summed E-state index contributed by atoms with van der Waals surface area (Å²) >= 11 is 0. The average molecular weight is 410 g/mol. The van der Waals surface area contributed by atoms with Crippen molar-refractivity contribution in [1.82, 2.24) is 4.98 Å². The van der Waals surface area contributed by atoms with Gasteiger partial charge in [-0.1, -0.05) is 30.3 Å². The fraction of sp³-hybridized carbons (Fsp3) is 0.182. The van der Waals surface area contributed by atoms with Crippen molar-refractivity contribution in [1.29, 1.82) is 0 Å². The predicted molar refractivity (Wildman–Crippen MR) is 115 cm³/mol. The maximum atomic E-state index is 12.5. The number of rotatable bonds is 7. The van der Waals surface area contributed by atoms with Crippen LogP contribution < -0.4 is 9.62 Å². The number of carbonyl (C=O) groups is 1. The summed E-state index contributed by atoms with van der Waals surface area (Å²) in [5.41, 5.74) is 4.15. The van der Waals surface area contributed by atoms with Gasteiger partial charge < -0.3 is 5.32 Å². The van der Waals surface area contributed by atoms with E-state index in [-0.39, 0.29) is 6.54 Å². The zero-order valence-corrected chi connectivity index (χ0v) is 17.2. The Morgan fingerprint density at radius 2 is 1.59 bits per heavy atom. The van der Waals surface area contributed by atoms with Gasteiger partial charge in [-0.2, -0.15) is 0 Å². The molecule has 3 aromatic rings. The van der Waals surface area contributed by atoms with Crippen molar-refractivity contribution in [3.63, 3.8) is 0 Å². The summed E-state index contributed by atoms with van der Waals surface area (Å²) in [5.74, 6) is -0.402. The Bertz CT molecular complexity index is 1080. The highest BCUT2D eigenvalue weighted by molar-refractivity contribution is 7.92. The number of anilines is 2. The third-order valence-corrected chi connectivity index (χ3v) is 5.59. The molecular formula is C22H23N3O3S. The minimum atomic E-state index is -3.60. The first kappa shape index (κ1) is 20.5. The van der Waals surface area contributed by atoms with E-state index in [1.54, 1.807) is 24.5 Å². The number of benzene rings is 2. The number of aryl methyl sites for hydroxylation is 1. The zero-order chi connectivity index (χ0) is 20.9. The molecule has 0 atom stereocenters. The van der Waals surface area contributed by atoms with E-state index in [1.165, 1.54) is 0 Å². The van der Waals surface area contributed by atoms with Crippen LogP contribution in [0, 0.1) is 6.92 Å². The number of amides is 1. The number of hydrogen-bond donors (Lipinski definition) is 1. The number of sulfonamides is 1. The lowest BCUT2D eigenvalue weighted by molar-refractivity contribution is -0.114. The summed E-state index contributed by atoms with van der Waals surface area (Å²) in [7, 11) is -3.60. The van der Waals surface area contributed by atoms with Crippen molar-refractivity contribution in [3.8, 4) is 0 Å². The maximum Gasteiger partial charge on any atom is 0.245 e. The van der Waals surface area contributed by atoms with Crippen molar-refractivity contribution in [2.75, 3.05) is 22.4 Å². The average Bonchev–Trinajstić information content (AvgIpc) is 2.68. The summed E-state index contributed by atoms with van der Waals surface area (Å²) in [5, 5.41) is 2.77. The molecule has 7 heteroatoms. The first-order valence-corrected chi connectivity index (χ1v) is 11.0. The van der Waals surface area contributed by atoms with Gasteiger partial charge in [-0.05, 0) is 60.4 Å². The second kappa shape index (κ2) is 8.87. The van der Waals surface area contributed by atoms with Crippen LogP contribution in [0.4, 0.5) is 11.4 Å². The first-order chi connectivity index (χ1) is 13.8. The van der Waals surface area contributed by atoms with Gasteiger partial charge in [0.25, 0.3) is 0 Å². The van der Waals surface area contributed by atoms with Crippen molar-refractivity contribution in [3.05, 3.63) is 89.7 Å². The third kappa shape index (κ3) is 5.65. The second-order valence-corrected chi connectivity index (χ2v) is 8.74. The summed E-state index contributed by atoms with van der Waals surface area (Å²) in [6.45, 7) is 1.52. The van der Waals surface area contributed by atoms with E-state index in [9.17, 15) is 13.2 Å². The number of para-hydroxylation sites is 1. The molecule has 0 fully saturated rings.